The van der Waals surface area contributed by atoms with Crippen LogP contribution in [0.4, 0.5) is 23.7 Å². The van der Waals surface area contributed by atoms with Gasteiger partial charge in [-0.3, -0.25) is 0 Å². The summed E-state index contributed by atoms with van der Waals surface area (Å²) in [6, 6.07) is 0.480. The van der Waals surface area contributed by atoms with E-state index in [1.165, 1.54) is 0 Å². The highest BCUT2D eigenvalue weighted by Crippen LogP contribution is 2.33. The van der Waals surface area contributed by atoms with Crippen LogP contribution in [0.15, 0.2) is 18.2 Å². The molecular formula is C12H12ClF3N2O3. The van der Waals surface area contributed by atoms with Crippen molar-refractivity contribution in [3.8, 4) is 0 Å². The minimum absolute atomic E-state index is 0.131. The van der Waals surface area contributed by atoms with Gasteiger partial charge in [-0.15, -0.1) is 0 Å². The number of benzene rings is 1. The maximum Gasteiger partial charge on any atom is 0.416 e. The van der Waals surface area contributed by atoms with Crippen molar-refractivity contribution >= 4 is 29.3 Å². The molecule has 0 bridgehead atoms. The van der Waals surface area contributed by atoms with Crippen LogP contribution >= 0.6 is 11.6 Å². The third-order valence-electron chi connectivity index (χ3n) is 2.49. The second-order valence-electron chi connectivity index (χ2n) is 4.12. The lowest BCUT2D eigenvalue weighted by Gasteiger charge is -2.14. The van der Waals surface area contributed by atoms with E-state index in [2.05, 4.69) is 10.6 Å². The number of aliphatic carboxylic acids is 1. The molecule has 0 aliphatic heterocycles. The molecule has 116 valence electrons. The first-order valence-corrected chi connectivity index (χ1v) is 6.19. The molecule has 0 heterocycles. The highest BCUT2D eigenvalue weighted by molar-refractivity contribution is 6.31. The molecule has 0 saturated heterocycles. The van der Waals surface area contributed by atoms with Crippen LogP contribution in [-0.4, -0.2) is 23.1 Å². The molecule has 3 N–H and O–H groups in total. The van der Waals surface area contributed by atoms with Gasteiger partial charge in [-0.25, -0.2) is 9.59 Å². The molecule has 1 aromatic carbocycles. The number of carboxylic acids is 1. The van der Waals surface area contributed by atoms with Gasteiger partial charge in [-0.2, -0.15) is 13.2 Å². The molecule has 0 radical (unpaired) electrons. The predicted octanol–water partition coefficient (Wildman–Crippen LogP) is 3.34. The Morgan fingerprint density at radius 2 is 1.95 bits per heavy atom. The molecule has 0 aliphatic rings. The maximum absolute atomic E-state index is 12.6. The second kappa shape index (κ2) is 6.66. The topological polar surface area (TPSA) is 78.4 Å². The Bertz CT molecular complexity index is 549. The summed E-state index contributed by atoms with van der Waals surface area (Å²) in [5.74, 6) is -1.24. The number of rotatable bonds is 4. The molecule has 2 amide bonds. The molecule has 1 rings (SSSR count). The van der Waals surface area contributed by atoms with Crippen molar-refractivity contribution in [3.63, 3.8) is 0 Å². The van der Waals surface area contributed by atoms with Gasteiger partial charge < -0.3 is 15.7 Å². The first kappa shape index (κ1) is 17.1. The molecule has 0 aliphatic carbocycles. The van der Waals surface area contributed by atoms with Crippen LogP contribution in [0.3, 0.4) is 0 Å². The van der Waals surface area contributed by atoms with Crippen LogP contribution in [0.25, 0.3) is 0 Å². The molecule has 5 nitrogen and oxygen atoms in total. The zero-order valence-corrected chi connectivity index (χ0v) is 11.5. The number of amides is 2. The summed E-state index contributed by atoms with van der Waals surface area (Å²) >= 11 is 5.56. The third kappa shape index (κ3) is 5.14. The molecule has 0 fully saturated rings. The van der Waals surface area contributed by atoms with E-state index in [0.29, 0.717) is 6.07 Å². The normalized spacial score (nSPS) is 12.6. The highest BCUT2D eigenvalue weighted by atomic mass is 35.5. The van der Waals surface area contributed by atoms with Crippen LogP contribution in [0.2, 0.25) is 5.02 Å². The van der Waals surface area contributed by atoms with Gasteiger partial charge in [0.05, 0.1) is 5.56 Å². The van der Waals surface area contributed by atoms with Gasteiger partial charge in [0.25, 0.3) is 0 Å². The number of hydrogen-bond acceptors (Lipinski definition) is 2. The Kier molecular flexibility index (Phi) is 5.42. The number of hydrogen-bond donors (Lipinski definition) is 3. The minimum Gasteiger partial charge on any atom is -0.480 e. The monoisotopic (exact) mass is 324 g/mol. The number of halogens is 4. The average Bonchev–Trinajstić information content (AvgIpc) is 2.33. The van der Waals surface area contributed by atoms with Gasteiger partial charge in [0.15, 0.2) is 0 Å². The molecule has 0 aromatic heterocycles. The van der Waals surface area contributed by atoms with Crippen molar-refractivity contribution in [2.24, 2.45) is 0 Å². The predicted molar refractivity (Wildman–Crippen MR) is 70.3 cm³/mol. The van der Waals surface area contributed by atoms with E-state index < -0.39 is 29.8 Å². The fraction of sp³-hybridized carbons (Fsp3) is 0.333. The van der Waals surface area contributed by atoms with E-state index in [0.717, 1.165) is 12.1 Å². The van der Waals surface area contributed by atoms with Crippen molar-refractivity contribution in [2.75, 3.05) is 5.32 Å². The number of nitrogens with one attached hydrogen (secondary N) is 2. The van der Waals surface area contributed by atoms with Crippen molar-refractivity contribution < 1.29 is 27.9 Å². The standard InChI is InChI=1S/C12H12ClF3N2O3/c1-2-9(10(19)20)18-11(21)17-8-4-6(12(14,15)16)3-7(13)5-8/h3-5,9H,2H2,1H3,(H,19,20)(H2,17,18,21). The molecule has 1 atom stereocenters. The Morgan fingerprint density at radius 3 is 2.43 bits per heavy atom. The van der Waals surface area contributed by atoms with E-state index in [4.69, 9.17) is 16.7 Å². The number of carbonyl (C=O) groups excluding carboxylic acids is 1. The minimum atomic E-state index is -4.61. The Balaban J connectivity index is 2.86. The number of carboxylic acid groups (broad SMARTS) is 1. The number of anilines is 1. The summed E-state index contributed by atoms with van der Waals surface area (Å²) in [7, 11) is 0. The van der Waals surface area contributed by atoms with Crippen molar-refractivity contribution in [3.05, 3.63) is 28.8 Å². The number of carbonyl (C=O) groups is 2. The Labute approximate surface area is 123 Å². The quantitative estimate of drug-likeness (QED) is 0.794. The fourth-order valence-corrected chi connectivity index (χ4v) is 1.72. The zero-order valence-electron chi connectivity index (χ0n) is 10.8. The molecule has 21 heavy (non-hydrogen) atoms. The summed E-state index contributed by atoms with van der Waals surface area (Å²) in [6.07, 6.45) is -4.48. The molecule has 9 heteroatoms. The van der Waals surface area contributed by atoms with Gasteiger partial charge in [0, 0.05) is 10.7 Å². The van der Waals surface area contributed by atoms with Crippen molar-refractivity contribution in [1.82, 2.24) is 5.32 Å². The lowest BCUT2D eigenvalue weighted by molar-refractivity contribution is -0.139. The molecular weight excluding hydrogens is 313 g/mol. The van der Waals surface area contributed by atoms with Crippen molar-refractivity contribution in [2.45, 2.75) is 25.6 Å². The van der Waals surface area contributed by atoms with Gasteiger partial charge >= 0.3 is 18.2 Å². The molecule has 1 aromatic rings. The van der Waals surface area contributed by atoms with Gasteiger partial charge in [0.2, 0.25) is 0 Å². The van der Waals surface area contributed by atoms with Crippen LogP contribution in [-0.2, 0) is 11.0 Å². The molecule has 1 unspecified atom stereocenters. The smallest absolute Gasteiger partial charge is 0.416 e. The Hall–Kier alpha value is -1.96. The van der Waals surface area contributed by atoms with Crippen LogP contribution in [0.1, 0.15) is 18.9 Å². The Morgan fingerprint density at radius 1 is 1.33 bits per heavy atom. The first-order chi connectivity index (χ1) is 9.63. The molecule has 0 saturated carbocycles. The first-order valence-electron chi connectivity index (χ1n) is 5.81. The van der Waals surface area contributed by atoms with E-state index in [1.807, 2.05) is 0 Å². The van der Waals surface area contributed by atoms with Crippen LogP contribution in [0.5, 0.6) is 0 Å². The van der Waals surface area contributed by atoms with Gasteiger partial charge in [-0.05, 0) is 24.6 Å². The van der Waals surface area contributed by atoms with Gasteiger partial charge in [0.1, 0.15) is 6.04 Å². The second-order valence-corrected chi connectivity index (χ2v) is 4.56. The van der Waals surface area contributed by atoms with E-state index in [-0.39, 0.29) is 17.1 Å². The van der Waals surface area contributed by atoms with E-state index in [1.54, 1.807) is 6.92 Å². The lowest BCUT2D eigenvalue weighted by Crippen LogP contribution is -2.42. The van der Waals surface area contributed by atoms with Crippen LogP contribution in [0, 0.1) is 0 Å². The van der Waals surface area contributed by atoms with Gasteiger partial charge in [-0.1, -0.05) is 18.5 Å². The third-order valence-corrected chi connectivity index (χ3v) is 2.71. The highest BCUT2D eigenvalue weighted by Gasteiger charge is 2.31. The average molecular weight is 325 g/mol. The summed E-state index contributed by atoms with van der Waals surface area (Å²) < 4.78 is 37.8. The summed E-state index contributed by atoms with van der Waals surface area (Å²) in [6.45, 7) is 1.54. The number of urea groups is 1. The van der Waals surface area contributed by atoms with E-state index in [9.17, 15) is 22.8 Å². The largest absolute Gasteiger partial charge is 0.480 e. The maximum atomic E-state index is 12.6. The van der Waals surface area contributed by atoms with Crippen LogP contribution < -0.4 is 10.6 Å². The van der Waals surface area contributed by atoms with E-state index >= 15 is 0 Å². The zero-order chi connectivity index (χ0) is 16.2. The summed E-state index contributed by atoms with van der Waals surface area (Å²) in [5.41, 5.74) is -1.21. The molecule has 0 spiro atoms. The SMILES string of the molecule is CCC(NC(=O)Nc1cc(Cl)cc(C(F)(F)F)c1)C(=O)O. The fourth-order valence-electron chi connectivity index (χ4n) is 1.49. The summed E-state index contributed by atoms with van der Waals surface area (Å²) in [5, 5.41) is 12.8. The lowest BCUT2D eigenvalue weighted by atomic mass is 10.2. The van der Waals surface area contributed by atoms with Crippen molar-refractivity contribution in [1.29, 1.82) is 0 Å². The number of alkyl halides is 3. The summed E-state index contributed by atoms with van der Waals surface area (Å²) in [4.78, 5) is 22.3.